The number of piperazine rings is 1. The van der Waals surface area contributed by atoms with Gasteiger partial charge in [-0.15, -0.1) is 0 Å². The highest BCUT2D eigenvalue weighted by Gasteiger charge is 2.22. The minimum Gasteiger partial charge on any atom is -0.465 e. The molecule has 0 atom stereocenters. The van der Waals surface area contributed by atoms with E-state index >= 15 is 0 Å². The van der Waals surface area contributed by atoms with Gasteiger partial charge in [-0.2, -0.15) is 5.26 Å². The van der Waals surface area contributed by atoms with Crippen molar-refractivity contribution in [1.29, 1.82) is 5.26 Å². The number of ether oxygens (including phenoxy) is 1. The van der Waals surface area contributed by atoms with Crippen LogP contribution in [0, 0.1) is 11.3 Å². The lowest BCUT2D eigenvalue weighted by atomic mass is 10.2. The van der Waals surface area contributed by atoms with E-state index in [4.69, 9.17) is 21.6 Å². The van der Waals surface area contributed by atoms with Gasteiger partial charge in [0.15, 0.2) is 0 Å². The standard InChI is InChI=1S/C20H19ClN4O3/c1-28-19(26)15-4-7-17(21)18(12-15)23-20(27)25-10-8-24(9-11-25)16-5-2-14(13-22)3-6-16/h2-7,12H,8-11H2,1H3,(H,23,27). The third-order valence-corrected chi connectivity index (χ3v) is 4.89. The van der Waals surface area contributed by atoms with Crippen LogP contribution in [-0.4, -0.2) is 50.2 Å². The van der Waals surface area contributed by atoms with Crippen LogP contribution in [-0.2, 0) is 4.74 Å². The summed E-state index contributed by atoms with van der Waals surface area (Å²) in [6.45, 7) is 2.44. The van der Waals surface area contributed by atoms with E-state index in [-0.39, 0.29) is 6.03 Å². The highest BCUT2D eigenvalue weighted by molar-refractivity contribution is 6.33. The van der Waals surface area contributed by atoms with Gasteiger partial charge in [0, 0.05) is 31.9 Å². The Hall–Kier alpha value is -3.24. The summed E-state index contributed by atoms with van der Waals surface area (Å²) in [7, 11) is 1.29. The molecule has 1 aliphatic rings. The first-order valence-corrected chi connectivity index (χ1v) is 9.08. The number of carbonyl (C=O) groups is 2. The fourth-order valence-electron chi connectivity index (χ4n) is 2.97. The second-order valence-electron chi connectivity index (χ2n) is 6.25. The number of hydrogen-bond donors (Lipinski definition) is 1. The van der Waals surface area contributed by atoms with Crippen LogP contribution in [0.1, 0.15) is 15.9 Å². The summed E-state index contributed by atoms with van der Waals surface area (Å²) >= 11 is 6.14. The smallest absolute Gasteiger partial charge is 0.337 e. The normalized spacial score (nSPS) is 13.6. The predicted octanol–water partition coefficient (Wildman–Crippen LogP) is 3.35. The fourth-order valence-corrected chi connectivity index (χ4v) is 3.14. The zero-order chi connectivity index (χ0) is 20.1. The number of methoxy groups -OCH3 is 1. The van der Waals surface area contributed by atoms with Crippen molar-refractivity contribution < 1.29 is 14.3 Å². The number of anilines is 2. The number of benzene rings is 2. The number of amides is 2. The Morgan fingerprint density at radius 1 is 1.11 bits per heavy atom. The summed E-state index contributed by atoms with van der Waals surface area (Å²) in [4.78, 5) is 28.1. The minimum atomic E-state index is -0.497. The molecule has 0 saturated carbocycles. The first-order valence-electron chi connectivity index (χ1n) is 8.70. The van der Waals surface area contributed by atoms with Gasteiger partial charge in [-0.25, -0.2) is 9.59 Å². The maximum Gasteiger partial charge on any atom is 0.337 e. The van der Waals surface area contributed by atoms with Crippen molar-refractivity contribution >= 4 is 35.0 Å². The van der Waals surface area contributed by atoms with Gasteiger partial charge in [0.05, 0.1) is 35.0 Å². The molecule has 0 aliphatic carbocycles. The van der Waals surface area contributed by atoms with Crippen LogP contribution in [0.15, 0.2) is 42.5 Å². The molecule has 3 rings (SSSR count). The van der Waals surface area contributed by atoms with Crippen molar-refractivity contribution in [3.05, 3.63) is 58.6 Å². The molecule has 1 heterocycles. The van der Waals surface area contributed by atoms with E-state index in [9.17, 15) is 9.59 Å². The van der Waals surface area contributed by atoms with Gasteiger partial charge in [-0.1, -0.05) is 11.6 Å². The van der Waals surface area contributed by atoms with Gasteiger partial charge in [0.25, 0.3) is 0 Å². The van der Waals surface area contributed by atoms with Gasteiger partial charge in [-0.05, 0) is 42.5 Å². The van der Waals surface area contributed by atoms with Gasteiger partial charge >= 0.3 is 12.0 Å². The lowest BCUT2D eigenvalue weighted by Gasteiger charge is -2.36. The van der Waals surface area contributed by atoms with E-state index in [0.717, 1.165) is 5.69 Å². The van der Waals surface area contributed by atoms with Crippen molar-refractivity contribution in [2.45, 2.75) is 0 Å². The number of urea groups is 1. The van der Waals surface area contributed by atoms with Crippen molar-refractivity contribution in [3.8, 4) is 6.07 Å². The number of carbonyl (C=O) groups excluding carboxylic acids is 2. The van der Waals surface area contributed by atoms with E-state index in [1.54, 1.807) is 29.2 Å². The van der Waals surface area contributed by atoms with Crippen LogP contribution in [0.2, 0.25) is 5.02 Å². The van der Waals surface area contributed by atoms with E-state index in [1.165, 1.54) is 13.2 Å². The molecule has 28 heavy (non-hydrogen) atoms. The molecular formula is C20H19ClN4O3. The Morgan fingerprint density at radius 3 is 2.39 bits per heavy atom. The molecule has 2 amide bonds. The van der Waals surface area contributed by atoms with Crippen LogP contribution in [0.4, 0.5) is 16.2 Å². The quantitative estimate of drug-likeness (QED) is 0.801. The molecule has 1 aliphatic heterocycles. The average Bonchev–Trinajstić information content (AvgIpc) is 2.74. The number of nitriles is 1. The van der Waals surface area contributed by atoms with Crippen LogP contribution >= 0.6 is 11.6 Å². The molecule has 0 radical (unpaired) electrons. The van der Waals surface area contributed by atoms with Crippen molar-refractivity contribution in [2.75, 3.05) is 43.5 Å². The SMILES string of the molecule is COC(=O)c1ccc(Cl)c(NC(=O)N2CCN(c3ccc(C#N)cc3)CC2)c1. The molecule has 144 valence electrons. The van der Waals surface area contributed by atoms with Crippen LogP contribution < -0.4 is 10.2 Å². The predicted molar refractivity (Wildman–Crippen MR) is 107 cm³/mol. The maximum atomic E-state index is 12.6. The largest absolute Gasteiger partial charge is 0.465 e. The summed E-state index contributed by atoms with van der Waals surface area (Å²) in [5.41, 5.74) is 2.32. The van der Waals surface area contributed by atoms with E-state index < -0.39 is 5.97 Å². The number of rotatable bonds is 3. The summed E-state index contributed by atoms with van der Waals surface area (Å²) < 4.78 is 4.69. The lowest BCUT2D eigenvalue weighted by Crippen LogP contribution is -2.50. The molecule has 1 N–H and O–H groups in total. The van der Waals surface area contributed by atoms with E-state index in [2.05, 4.69) is 16.3 Å². The Balaban J connectivity index is 1.61. The Morgan fingerprint density at radius 2 is 1.79 bits per heavy atom. The zero-order valence-corrected chi connectivity index (χ0v) is 16.1. The zero-order valence-electron chi connectivity index (χ0n) is 15.3. The highest BCUT2D eigenvalue weighted by atomic mass is 35.5. The minimum absolute atomic E-state index is 0.275. The summed E-state index contributed by atoms with van der Waals surface area (Å²) in [6, 6.07) is 13.8. The first-order chi connectivity index (χ1) is 13.5. The van der Waals surface area contributed by atoms with Crippen molar-refractivity contribution in [1.82, 2.24) is 4.90 Å². The van der Waals surface area contributed by atoms with Crippen LogP contribution in [0.3, 0.4) is 0 Å². The monoisotopic (exact) mass is 398 g/mol. The Bertz CT molecular complexity index is 916. The Kier molecular flexibility index (Phi) is 6.02. The van der Waals surface area contributed by atoms with Gasteiger partial charge in [-0.3, -0.25) is 0 Å². The molecule has 0 spiro atoms. The van der Waals surface area contributed by atoms with Gasteiger partial charge in [0.2, 0.25) is 0 Å². The summed E-state index contributed by atoms with van der Waals surface area (Å²) in [6.07, 6.45) is 0. The third kappa shape index (κ3) is 4.35. The maximum absolute atomic E-state index is 12.6. The van der Waals surface area contributed by atoms with Crippen LogP contribution in [0.25, 0.3) is 0 Å². The van der Waals surface area contributed by atoms with Crippen LogP contribution in [0.5, 0.6) is 0 Å². The summed E-state index contributed by atoms with van der Waals surface area (Å²) in [5, 5.41) is 12.0. The molecule has 2 aromatic carbocycles. The van der Waals surface area contributed by atoms with Crippen molar-refractivity contribution in [3.63, 3.8) is 0 Å². The number of esters is 1. The number of halogens is 1. The molecule has 2 aromatic rings. The molecule has 7 nitrogen and oxygen atoms in total. The average molecular weight is 399 g/mol. The second kappa shape index (κ2) is 8.63. The third-order valence-electron chi connectivity index (χ3n) is 4.56. The van der Waals surface area contributed by atoms with Crippen molar-refractivity contribution in [2.24, 2.45) is 0 Å². The first kappa shape index (κ1) is 19.5. The topological polar surface area (TPSA) is 85.7 Å². The molecule has 0 aromatic heterocycles. The fraction of sp³-hybridized carbons (Fsp3) is 0.250. The molecule has 1 fully saturated rings. The number of nitrogens with zero attached hydrogens (tertiary/aromatic N) is 3. The highest BCUT2D eigenvalue weighted by Crippen LogP contribution is 2.24. The number of hydrogen-bond acceptors (Lipinski definition) is 5. The molecular weight excluding hydrogens is 380 g/mol. The lowest BCUT2D eigenvalue weighted by molar-refractivity contribution is 0.0600. The van der Waals surface area contributed by atoms with Gasteiger partial charge < -0.3 is 19.9 Å². The molecule has 0 unspecified atom stereocenters. The van der Waals surface area contributed by atoms with Gasteiger partial charge in [0.1, 0.15) is 0 Å². The second-order valence-corrected chi connectivity index (χ2v) is 6.66. The van der Waals surface area contributed by atoms with E-state index in [0.29, 0.717) is 48.0 Å². The summed E-state index contributed by atoms with van der Waals surface area (Å²) in [5.74, 6) is -0.497. The van der Waals surface area contributed by atoms with E-state index in [1.807, 2.05) is 12.1 Å². The Labute approximate surface area is 168 Å². The number of nitrogens with one attached hydrogen (secondary N) is 1. The molecule has 8 heteroatoms. The molecule has 1 saturated heterocycles. The molecule has 0 bridgehead atoms.